The predicted molar refractivity (Wildman–Crippen MR) is 317 cm³/mol. The van der Waals surface area contributed by atoms with E-state index in [0.29, 0.717) is 66.7 Å². The van der Waals surface area contributed by atoms with Crippen molar-refractivity contribution in [2.24, 2.45) is 0 Å². The molecule has 0 radical (unpaired) electrons. The van der Waals surface area contributed by atoms with Gasteiger partial charge in [-0.2, -0.15) is 12.1 Å². The number of rotatable bonds is 9. The molecule has 6 nitrogen and oxygen atoms in total. The molecule has 0 bridgehead atoms. The van der Waals surface area contributed by atoms with Gasteiger partial charge in [0.1, 0.15) is 5.82 Å². The first-order valence-electron chi connectivity index (χ1n) is 32.5. The summed E-state index contributed by atoms with van der Waals surface area (Å²) in [4.78, 5) is 4.83. The fourth-order valence-electron chi connectivity index (χ4n) is 10.4. The standard InChI is InChI=1S/C71H59N5O.Pt/c1-46(2)48-36-37-72-67(40-48)76-62-33-17-14-28-59(62)68-65(75-60-31-15-12-26-57(60)58-27-13-16-32-61(58)75)43-54(44-66(68)76)77-53-25-20-24-52(42-53)73-45-74(64-35-19-18-34-63(64)73)69-55(47-22-10-9-11-23-47)29-21-30-56(69)49-38-50(70(3,4)5)41-51(39-49)71(6,7)8;/h9-41,43,46H,1-8H3;/q-2;/i9D,10D,11D,12D,13D,15D,16D,22D,23D,26D,27D,31D,32D,46D;. The molecule has 0 fully saturated rings. The average molecular weight is 1210 g/mol. The van der Waals surface area contributed by atoms with E-state index in [1.54, 1.807) is 54.9 Å². The second-order valence-corrected chi connectivity index (χ2v) is 21.5. The smallest absolute Gasteiger partial charge is 0.268 e. The molecule has 13 rings (SSSR count). The van der Waals surface area contributed by atoms with Crippen LogP contribution in [0.4, 0.5) is 0 Å². The first-order chi connectivity index (χ1) is 43.0. The minimum atomic E-state index is -1.04. The van der Waals surface area contributed by atoms with Crippen molar-refractivity contribution in [1.29, 1.82) is 0 Å². The molecule has 9 aromatic carbocycles. The number of fused-ring (bicyclic) bond motifs is 7. The van der Waals surface area contributed by atoms with Crippen molar-refractivity contribution in [3.05, 3.63) is 241 Å². The third-order valence-electron chi connectivity index (χ3n) is 14.2. The van der Waals surface area contributed by atoms with E-state index >= 15 is 0 Å². The summed E-state index contributed by atoms with van der Waals surface area (Å²) in [6.45, 7) is 16.5. The Balaban J connectivity index is 0.00000816. The second-order valence-electron chi connectivity index (χ2n) is 21.5. The normalized spacial score (nSPS) is 14.8. The van der Waals surface area contributed by atoms with Gasteiger partial charge >= 0.3 is 0 Å². The fraction of sp³-hybridized carbons (Fsp3) is 0.155. The van der Waals surface area contributed by atoms with E-state index in [1.165, 1.54) is 4.57 Å². The molecule has 4 heterocycles. The zero-order valence-electron chi connectivity index (χ0n) is 58.1. The molecule has 13 aromatic rings. The molecule has 0 saturated carbocycles. The number of pyridine rings is 1. The summed E-state index contributed by atoms with van der Waals surface area (Å²) < 4.78 is 141. The fourth-order valence-corrected chi connectivity index (χ4v) is 10.4. The number of imidazole rings is 1. The quantitative estimate of drug-likeness (QED) is 0.107. The van der Waals surface area contributed by atoms with Crippen LogP contribution < -0.4 is 9.30 Å². The van der Waals surface area contributed by atoms with Gasteiger partial charge in [-0.15, -0.1) is 24.3 Å². The van der Waals surface area contributed by atoms with Crippen molar-refractivity contribution in [3.63, 3.8) is 0 Å². The van der Waals surface area contributed by atoms with E-state index in [0.717, 1.165) is 16.7 Å². The van der Waals surface area contributed by atoms with Crippen molar-refractivity contribution < 1.29 is 49.6 Å². The van der Waals surface area contributed by atoms with Crippen LogP contribution in [0.3, 0.4) is 0 Å². The molecule has 78 heavy (non-hydrogen) atoms. The Morgan fingerprint density at radius 3 is 1.90 bits per heavy atom. The largest absolute Gasteiger partial charge is 0.510 e. The van der Waals surface area contributed by atoms with Crippen LogP contribution in [0, 0.1) is 18.5 Å². The summed E-state index contributed by atoms with van der Waals surface area (Å²) in [5.41, 5.74) is 7.52. The average Bonchev–Trinajstić information content (AvgIpc) is 1.20. The third kappa shape index (κ3) is 8.73. The third-order valence-corrected chi connectivity index (χ3v) is 14.2. The van der Waals surface area contributed by atoms with Gasteiger partial charge in [0, 0.05) is 56.4 Å². The van der Waals surface area contributed by atoms with Gasteiger partial charge in [0.2, 0.25) is 0 Å². The molecule has 4 aromatic heterocycles. The van der Waals surface area contributed by atoms with Gasteiger partial charge in [-0.25, -0.2) is 4.98 Å². The minimum absolute atomic E-state index is 0. The van der Waals surface area contributed by atoms with E-state index in [9.17, 15) is 8.22 Å². The van der Waals surface area contributed by atoms with E-state index < -0.39 is 72.4 Å². The van der Waals surface area contributed by atoms with Gasteiger partial charge in [-0.05, 0) is 103 Å². The van der Waals surface area contributed by atoms with Gasteiger partial charge in [0.25, 0.3) is 6.33 Å². The maximum Gasteiger partial charge on any atom is 0.268 e. The zero-order valence-corrected chi connectivity index (χ0v) is 46.4. The van der Waals surface area contributed by atoms with Crippen LogP contribution in [0.15, 0.2) is 206 Å². The SMILES string of the molecule is [2H]c1c([2H])c([2H])c(-c2cccc(-c3cc(C(C)(C)C)cc(C(C)(C)C)c3)c2-[n+]2[c-]n(-c3[c-]c(Oc4[c-]c5c(c(-n6c7c([2H])c([2H])c([2H])c([2H])c7c7c([2H])c([2H])c([2H])c([2H])c76)c4)c4ccccc4n5-c4cc(C([2H])(C)C)ccn4)ccc3)c3ccccc32)c([2H])c1[2H].[Pt]. The second kappa shape index (κ2) is 19.6. The summed E-state index contributed by atoms with van der Waals surface area (Å²) in [5, 5.41) is 0.903. The molecule has 0 aliphatic rings. The number of ether oxygens (including phenoxy) is 1. The predicted octanol–water partition coefficient (Wildman–Crippen LogP) is 17.7. The maximum atomic E-state index is 9.51. The van der Waals surface area contributed by atoms with E-state index in [2.05, 4.69) is 78.2 Å². The number of benzene rings is 9. The minimum Gasteiger partial charge on any atom is -0.510 e. The molecular weight excluding hydrogens is 1130 g/mol. The monoisotopic (exact) mass is 1210 g/mol. The summed E-state index contributed by atoms with van der Waals surface area (Å²) in [5.74, 6) is -0.384. The number of hydrogen-bond acceptors (Lipinski definition) is 2. The first kappa shape index (κ1) is 36.7. The topological polar surface area (TPSA) is 40.8 Å². The molecule has 0 aliphatic heterocycles. The zero-order chi connectivity index (χ0) is 65.0. The Kier molecular flexibility index (Phi) is 9.22. The van der Waals surface area contributed by atoms with Crippen LogP contribution in [0.25, 0.3) is 99.8 Å². The van der Waals surface area contributed by atoms with Crippen LogP contribution in [0.1, 0.15) is 97.2 Å². The number of nitrogens with zero attached hydrogens (tertiary/aromatic N) is 5. The van der Waals surface area contributed by atoms with E-state index in [4.69, 9.17) is 20.7 Å². The molecule has 0 spiro atoms. The van der Waals surface area contributed by atoms with E-state index in [1.807, 2.05) is 81.9 Å². The van der Waals surface area contributed by atoms with Crippen LogP contribution in [-0.4, -0.2) is 18.7 Å². The summed E-state index contributed by atoms with van der Waals surface area (Å²) in [6.07, 6.45) is 5.24. The Morgan fingerprint density at radius 2 is 1.21 bits per heavy atom. The summed E-state index contributed by atoms with van der Waals surface area (Å²) >= 11 is 0. The molecule has 0 amide bonds. The molecule has 0 unspecified atom stereocenters. The van der Waals surface area contributed by atoms with Crippen molar-refractivity contribution in [2.75, 3.05) is 0 Å². The molecule has 386 valence electrons. The molecule has 0 N–H and O–H groups in total. The van der Waals surface area contributed by atoms with Crippen LogP contribution >= 0.6 is 0 Å². The Labute approximate surface area is 490 Å². The molecule has 7 heteroatoms. The first-order valence-corrected chi connectivity index (χ1v) is 25.5. The maximum absolute atomic E-state index is 9.51. The molecule has 0 saturated heterocycles. The van der Waals surface area contributed by atoms with Gasteiger partial charge in [0.05, 0.1) is 45.6 Å². The molecule has 0 aliphatic carbocycles. The van der Waals surface area contributed by atoms with Crippen molar-refractivity contribution in [1.82, 2.24) is 18.7 Å². The summed E-state index contributed by atoms with van der Waals surface area (Å²) in [6, 6.07) is 38.3. The Morgan fingerprint density at radius 1 is 0.577 bits per heavy atom. The Bertz CT molecular complexity index is 5150. The van der Waals surface area contributed by atoms with E-state index in [-0.39, 0.29) is 88.5 Å². The Hall–Kier alpha value is -8.31. The molecule has 0 atom stereocenters. The van der Waals surface area contributed by atoms with Crippen molar-refractivity contribution >= 4 is 54.6 Å². The van der Waals surface area contributed by atoms with Gasteiger partial charge in [0.15, 0.2) is 0 Å². The summed E-state index contributed by atoms with van der Waals surface area (Å²) in [7, 11) is 0. The van der Waals surface area contributed by atoms with Crippen LogP contribution in [0.5, 0.6) is 11.5 Å². The van der Waals surface area contributed by atoms with Crippen molar-refractivity contribution in [3.8, 4) is 56.6 Å². The number of para-hydroxylation sites is 6. The van der Waals surface area contributed by atoms with Crippen LogP contribution in [0.2, 0.25) is 0 Å². The number of hydrogen-bond donors (Lipinski definition) is 0. The molecular formula is C71H59N5OPt-2. The van der Waals surface area contributed by atoms with Crippen molar-refractivity contribution in [2.45, 2.75) is 72.1 Å². The number of aromatic nitrogens is 5. The van der Waals surface area contributed by atoms with Gasteiger partial charge < -0.3 is 18.4 Å². The van der Waals surface area contributed by atoms with Gasteiger partial charge in [-0.1, -0.05) is 212 Å². The van der Waals surface area contributed by atoms with Gasteiger partial charge in [-0.3, -0.25) is 4.57 Å². The van der Waals surface area contributed by atoms with Crippen LogP contribution in [-0.2, 0) is 31.9 Å².